The van der Waals surface area contributed by atoms with Gasteiger partial charge < -0.3 is 0 Å². The molecule has 2 rings (SSSR count). The van der Waals surface area contributed by atoms with E-state index in [0.717, 1.165) is 0 Å². The molecule has 0 bridgehead atoms. The molecule has 0 aromatic rings. The molecule has 2 aliphatic heterocycles. The highest BCUT2D eigenvalue weighted by molar-refractivity contribution is 7.57. The Morgan fingerprint density at radius 2 is 1.29 bits per heavy atom. The fourth-order valence-corrected chi connectivity index (χ4v) is 5.09. The van der Waals surface area contributed by atoms with Crippen LogP contribution in [-0.2, 0) is 0 Å². The monoisotopic (exact) mass is 212 g/mol. The van der Waals surface area contributed by atoms with Crippen LogP contribution in [0.3, 0.4) is 0 Å². The molecule has 0 amide bonds. The zero-order valence-electron chi connectivity index (χ0n) is 9.21. The standard InChI is InChI=1S/C11H21N2P/c1-11(2)14(12-7-3-4-8-12)13-9-5-6-10-13/h1,3-10H2,2H3. The van der Waals surface area contributed by atoms with E-state index in [2.05, 4.69) is 22.8 Å². The number of allylic oxidation sites excluding steroid dienone is 1. The average Bonchev–Trinajstić information content (AvgIpc) is 2.75. The second kappa shape index (κ2) is 4.74. The SMILES string of the molecule is C=C(C)P(N1CCCC1)N1CCCC1. The van der Waals surface area contributed by atoms with E-state index in [-0.39, 0.29) is 8.22 Å². The molecule has 0 unspecified atom stereocenters. The summed E-state index contributed by atoms with van der Waals surface area (Å²) >= 11 is 0. The Kier molecular flexibility index (Phi) is 3.59. The Hall–Kier alpha value is 0.0900. The largest absolute Gasteiger partial charge is 0.267 e. The van der Waals surface area contributed by atoms with Gasteiger partial charge in [0.05, 0.1) is 8.22 Å². The summed E-state index contributed by atoms with van der Waals surface area (Å²) in [6.07, 6.45) is 5.56. The quantitative estimate of drug-likeness (QED) is 0.663. The zero-order chi connectivity index (χ0) is 9.97. The van der Waals surface area contributed by atoms with Gasteiger partial charge in [-0.3, -0.25) is 9.34 Å². The summed E-state index contributed by atoms with van der Waals surface area (Å²) < 4.78 is 5.34. The Morgan fingerprint density at radius 3 is 1.57 bits per heavy atom. The van der Waals surface area contributed by atoms with Crippen LogP contribution in [0.15, 0.2) is 11.9 Å². The van der Waals surface area contributed by atoms with Crippen LogP contribution in [0.1, 0.15) is 32.6 Å². The summed E-state index contributed by atoms with van der Waals surface area (Å²) in [5.41, 5.74) is 0. The summed E-state index contributed by atoms with van der Waals surface area (Å²) in [6.45, 7) is 11.6. The molecule has 80 valence electrons. The van der Waals surface area contributed by atoms with E-state index < -0.39 is 0 Å². The van der Waals surface area contributed by atoms with E-state index in [9.17, 15) is 0 Å². The molecule has 0 radical (unpaired) electrons. The van der Waals surface area contributed by atoms with Gasteiger partial charge in [-0.25, -0.2) is 0 Å². The third-order valence-electron chi connectivity index (χ3n) is 3.04. The molecule has 14 heavy (non-hydrogen) atoms. The fourth-order valence-electron chi connectivity index (χ4n) is 2.44. The lowest BCUT2D eigenvalue weighted by Gasteiger charge is -2.35. The maximum atomic E-state index is 4.19. The first-order valence-electron chi connectivity index (χ1n) is 5.74. The van der Waals surface area contributed by atoms with Crippen molar-refractivity contribution in [2.24, 2.45) is 0 Å². The molecular weight excluding hydrogens is 191 g/mol. The summed E-state index contributed by atoms with van der Waals surface area (Å²) in [5, 5.41) is 1.39. The molecular formula is C11H21N2P. The number of nitrogens with zero attached hydrogens (tertiary/aromatic N) is 2. The van der Waals surface area contributed by atoms with Crippen molar-refractivity contribution >= 4 is 8.22 Å². The number of rotatable bonds is 3. The Bertz CT molecular complexity index is 189. The van der Waals surface area contributed by atoms with E-state index in [4.69, 9.17) is 0 Å². The average molecular weight is 212 g/mol. The number of hydrogen-bond donors (Lipinski definition) is 0. The summed E-state index contributed by atoms with van der Waals surface area (Å²) in [7, 11) is -0.150. The first kappa shape index (κ1) is 10.6. The molecule has 2 saturated heterocycles. The second-order valence-corrected chi connectivity index (χ2v) is 6.82. The maximum Gasteiger partial charge on any atom is 0.0672 e. The van der Waals surface area contributed by atoms with Gasteiger partial charge in [0.2, 0.25) is 0 Å². The van der Waals surface area contributed by atoms with Crippen LogP contribution < -0.4 is 0 Å². The molecule has 0 aromatic heterocycles. The Balaban J connectivity index is 2.02. The third-order valence-corrected chi connectivity index (χ3v) is 5.60. The molecule has 2 aliphatic rings. The molecule has 2 fully saturated rings. The van der Waals surface area contributed by atoms with Gasteiger partial charge in [0.15, 0.2) is 0 Å². The molecule has 0 N–H and O–H groups in total. The van der Waals surface area contributed by atoms with Gasteiger partial charge in [-0.05, 0) is 37.9 Å². The molecule has 2 heterocycles. The van der Waals surface area contributed by atoms with Crippen molar-refractivity contribution in [2.75, 3.05) is 26.2 Å². The lowest BCUT2D eigenvalue weighted by Crippen LogP contribution is -2.25. The van der Waals surface area contributed by atoms with Crippen molar-refractivity contribution in [2.45, 2.75) is 32.6 Å². The Labute approximate surface area is 88.8 Å². The van der Waals surface area contributed by atoms with Crippen LogP contribution in [0.4, 0.5) is 0 Å². The van der Waals surface area contributed by atoms with E-state index in [1.54, 1.807) is 0 Å². The van der Waals surface area contributed by atoms with Crippen molar-refractivity contribution in [3.8, 4) is 0 Å². The second-order valence-electron chi connectivity index (χ2n) is 4.35. The molecule has 0 atom stereocenters. The van der Waals surface area contributed by atoms with Crippen molar-refractivity contribution < 1.29 is 0 Å². The lowest BCUT2D eigenvalue weighted by atomic mass is 10.4. The van der Waals surface area contributed by atoms with Gasteiger partial charge in [0.1, 0.15) is 0 Å². The predicted octanol–water partition coefficient (Wildman–Crippen LogP) is 3.02. The molecule has 2 nitrogen and oxygen atoms in total. The van der Waals surface area contributed by atoms with Gasteiger partial charge >= 0.3 is 0 Å². The van der Waals surface area contributed by atoms with E-state index in [1.807, 2.05) is 0 Å². The highest BCUT2D eigenvalue weighted by Gasteiger charge is 2.29. The summed E-state index contributed by atoms with van der Waals surface area (Å²) in [6, 6.07) is 0. The maximum absolute atomic E-state index is 4.19. The van der Waals surface area contributed by atoms with Gasteiger partial charge in [-0.1, -0.05) is 6.58 Å². The minimum absolute atomic E-state index is 0.150. The minimum atomic E-state index is -0.150. The molecule has 3 heteroatoms. The Morgan fingerprint density at radius 1 is 0.929 bits per heavy atom. The lowest BCUT2D eigenvalue weighted by molar-refractivity contribution is 0.479. The molecule has 0 aromatic carbocycles. The third kappa shape index (κ3) is 2.18. The highest BCUT2D eigenvalue weighted by Crippen LogP contribution is 2.53. The van der Waals surface area contributed by atoms with Crippen molar-refractivity contribution in [3.63, 3.8) is 0 Å². The van der Waals surface area contributed by atoms with Crippen LogP contribution in [0.25, 0.3) is 0 Å². The van der Waals surface area contributed by atoms with Crippen LogP contribution in [-0.4, -0.2) is 35.5 Å². The first-order valence-corrected chi connectivity index (χ1v) is 6.99. The minimum Gasteiger partial charge on any atom is -0.267 e. The van der Waals surface area contributed by atoms with Gasteiger partial charge in [0.25, 0.3) is 0 Å². The predicted molar refractivity (Wildman–Crippen MR) is 63.3 cm³/mol. The summed E-state index contributed by atoms with van der Waals surface area (Å²) in [5.74, 6) is 0. The molecule has 0 saturated carbocycles. The van der Waals surface area contributed by atoms with Crippen molar-refractivity contribution in [3.05, 3.63) is 11.9 Å². The summed E-state index contributed by atoms with van der Waals surface area (Å²) in [4.78, 5) is 0. The molecule has 0 aliphatic carbocycles. The van der Waals surface area contributed by atoms with Crippen LogP contribution >= 0.6 is 8.22 Å². The van der Waals surface area contributed by atoms with Gasteiger partial charge in [-0.2, -0.15) is 0 Å². The topological polar surface area (TPSA) is 6.48 Å². The van der Waals surface area contributed by atoms with Gasteiger partial charge in [0, 0.05) is 26.2 Å². The molecule has 0 spiro atoms. The fraction of sp³-hybridized carbons (Fsp3) is 0.818. The van der Waals surface area contributed by atoms with Crippen molar-refractivity contribution in [1.29, 1.82) is 0 Å². The highest BCUT2D eigenvalue weighted by atomic mass is 31.1. The van der Waals surface area contributed by atoms with Crippen LogP contribution in [0.5, 0.6) is 0 Å². The van der Waals surface area contributed by atoms with E-state index >= 15 is 0 Å². The smallest absolute Gasteiger partial charge is 0.0672 e. The van der Waals surface area contributed by atoms with Crippen LogP contribution in [0.2, 0.25) is 0 Å². The number of hydrogen-bond acceptors (Lipinski definition) is 2. The van der Waals surface area contributed by atoms with Crippen LogP contribution in [0, 0.1) is 0 Å². The van der Waals surface area contributed by atoms with E-state index in [1.165, 1.54) is 57.2 Å². The van der Waals surface area contributed by atoms with Gasteiger partial charge in [-0.15, -0.1) is 0 Å². The zero-order valence-corrected chi connectivity index (χ0v) is 10.1. The van der Waals surface area contributed by atoms with E-state index in [0.29, 0.717) is 0 Å². The van der Waals surface area contributed by atoms with Crippen molar-refractivity contribution in [1.82, 2.24) is 9.34 Å². The normalized spacial score (nSPS) is 25.0. The first-order chi connectivity index (χ1) is 6.79.